The first-order valence-corrected chi connectivity index (χ1v) is 8.43. The van der Waals surface area contributed by atoms with Crippen LogP contribution < -0.4 is 18.9 Å². The van der Waals surface area contributed by atoms with Crippen LogP contribution in [0.1, 0.15) is 48.0 Å². The molecule has 0 aromatic heterocycles. The summed E-state index contributed by atoms with van der Waals surface area (Å²) in [5.74, 6) is 0. The van der Waals surface area contributed by atoms with Gasteiger partial charge < -0.3 is 11.5 Å². The van der Waals surface area contributed by atoms with Gasteiger partial charge in [0.2, 0.25) is 0 Å². The Morgan fingerprint density at radius 1 is 1.00 bits per heavy atom. The number of nitrogens with zero attached hydrogens (tertiary/aromatic N) is 1. The standard InChI is InChI=1S/C13H30NSi.Li/c1-10-11-14(8)15(9,12(2,3)4)13(5,6)7;/h1,10-11H2,2-9H3;/q-1;+1. The summed E-state index contributed by atoms with van der Waals surface area (Å²) in [6.45, 7) is 22.0. The zero-order valence-corrected chi connectivity index (χ0v) is 14.1. The Morgan fingerprint density at radius 2 is 1.31 bits per heavy atom. The van der Waals surface area contributed by atoms with Crippen LogP contribution in [0.15, 0.2) is 0 Å². The van der Waals surface area contributed by atoms with Gasteiger partial charge in [-0.05, 0) is 23.7 Å². The van der Waals surface area contributed by atoms with Gasteiger partial charge in [0.1, 0.15) is 8.24 Å². The summed E-state index contributed by atoms with van der Waals surface area (Å²) in [5, 5.41) is 0.796. The van der Waals surface area contributed by atoms with E-state index >= 15 is 0 Å². The molecular formula is C13H30LiNSi. The van der Waals surface area contributed by atoms with Crippen LogP contribution in [0.4, 0.5) is 0 Å². The van der Waals surface area contributed by atoms with Crippen molar-refractivity contribution >= 4 is 8.24 Å². The zero-order valence-electron chi connectivity index (χ0n) is 13.1. The third-order valence-corrected chi connectivity index (χ3v) is 11.8. The van der Waals surface area contributed by atoms with E-state index < -0.39 is 8.24 Å². The van der Waals surface area contributed by atoms with Gasteiger partial charge in [0.05, 0.1) is 0 Å². The maximum absolute atomic E-state index is 3.98. The Balaban J connectivity index is 0. The van der Waals surface area contributed by atoms with E-state index in [2.05, 4.69) is 66.6 Å². The van der Waals surface area contributed by atoms with Gasteiger partial charge in [-0.2, -0.15) is 6.42 Å². The van der Waals surface area contributed by atoms with Crippen LogP contribution in [0.25, 0.3) is 0 Å². The van der Waals surface area contributed by atoms with Crippen LogP contribution in [0.3, 0.4) is 0 Å². The molecule has 0 unspecified atom stereocenters. The van der Waals surface area contributed by atoms with Gasteiger partial charge in [-0.15, -0.1) is 0 Å². The smallest absolute Gasteiger partial charge is 0.342 e. The number of hydrogen-bond donors (Lipinski definition) is 0. The summed E-state index contributed by atoms with van der Waals surface area (Å²) in [4.78, 5) is 0. The van der Waals surface area contributed by atoms with Crippen molar-refractivity contribution in [2.24, 2.45) is 0 Å². The Hall–Kier alpha value is 0.774. The van der Waals surface area contributed by atoms with Crippen LogP contribution in [0.2, 0.25) is 16.6 Å². The third kappa shape index (κ3) is 3.63. The monoisotopic (exact) mass is 235 g/mol. The number of rotatable bonds is 3. The molecule has 0 spiro atoms. The van der Waals surface area contributed by atoms with Gasteiger partial charge in [-0.25, -0.2) is 0 Å². The predicted molar refractivity (Wildman–Crippen MR) is 73.7 cm³/mol. The molecule has 0 aliphatic carbocycles. The molecule has 0 saturated carbocycles. The van der Waals surface area contributed by atoms with Crippen molar-refractivity contribution in [1.29, 1.82) is 0 Å². The molecule has 0 amide bonds. The molecular weight excluding hydrogens is 205 g/mol. The van der Waals surface area contributed by atoms with E-state index in [9.17, 15) is 0 Å². The maximum atomic E-state index is 3.98. The molecule has 0 aromatic carbocycles. The van der Waals surface area contributed by atoms with Crippen LogP contribution >= 0.6 is 0 Å². The molecule has 3 heteroatoms. The Labute approximate surface area is 117 Å². The van der Waals surface area contributed by atoms with E-state index in [0.29, 0.717) is 10.1 Å². The average Bonchev–Trinajstić information content (AvgIpc) is 1.99. The molecule has 0 aliphatic heterocycles. The Kier molecular flexibility index (Phi) is 7.28. The fraction of sp³-hybridized carbons (Fsp3) is 0.923. The molecule has 92 valence electrons. The summed E-state index contributed by atoms with van der Waals surface area (Å²) in [6.07, 6.45) is 1.01. The Bertz CT molecular complexity index is 189. The molecule has 0 radical (unpaired) electrons. The Morgan fingerprint density at radius 3 is 1.50 bits per heavy atom. The van der Waals surface area contributed by atoms with Gasteiger partial charge in [-0.3, -0.25) is 0 Å². The summed E-state index contributed by atoms with van der Waals surface area (Å²) < 4.78 is 2.61. The molecule has 0 saturated heterocycles. The average molecular weight is 235 g/mol. The van der Waals surface area contributed by atoms with E-state index in [-0.39, 0.29) is 18.9 Å². The van der Waals surface area contributed by atoms with Crippen molar-refractivity contribution in [3.05, 3.63) is 6.92 Å². The first-order chi connectivity index (χ1) is 6.48. The fourth-order valence-electron chi connectivity index (χ4n) is 2.73. The van der Waals surface area contributed by atoms with Crippen LogP contribution in [-0.4, -0.2) is 26.4 Å². The second-order valence-electron chi connectivity index (χ2n) is 6.85. The third-order valence-electron chi connectivity index (χ3n) is 4.18. The maximum Gasteiger partial charge on any atom is 1.00 e. The van der Waals surface area contributed by atoms with Crippen LogP contribution in [-0.2, 0) is 0 Å². The van der Waals surface area contributed by atoms with Crippen molar-refractivity contribution in [2.75, 3.05) is 13.6 Å². The first-order valence-electron chi connectivity index (χ1n) is 5.99. The fourth-order valence-corrected chi connectivity index (χ4v) is 7.88. The van der Waals surface area contributed by atoms with Crippen molar-refractivity contribution in [1.82, 2.24) is 4.57 Å². The van der Waals surface area contributed by atoms with Crippen LogP contribution in [0, 0.1) is 6.92 Å². The minimum Gasteiger partial charge on any atom is -0.342 e. The van der Waals surface area contributed by atoms with Crippen molar-refractivity contribution in [2.45, 2.75) is 64.6 Å². The summed E-state index contributed by atoms with van der Waals surface area (Å²) in [6, 6.07) is 0. The van der Waals surface area contributed by atoms with Crippen molar-refractivity contribution in [3.63, 3.8) is 0 Å². The van der Waals surface area contributed by atoms with Crippen molar-refractivity contribution in [3.8, 4) is 0 Å². The van der Waals surface area contributed by atoms with E-state index in [1.165, 1.54) is 0 Å². The molecule has 0 aromatic rings. The van der Waals surface area contributed by atoms with E-state index in [1.807, 2.05) is 0 Å². The minimum absolute atomic E-state index is 0. The zero-order chi connectivity index (χ0) is 12.5. The van der Waals surface area contributed by atoms with E-state index in [0.717, 1.165) is 13.0 Å². The normalized spacial score (nSPS) is 13.9. The SMILES string of the molecule is [CH2-]CCN(C)[Si](C)(C(C)(C)C)C(C)(C)C.[Li+]. The molecule has 16 heavy (non-hydrogen) atoms. The molecule has 0 N–H and O–H groups in total. The topological polar surface area (TPSA) is 3.24 Å². The van der Waals surface area contributed by atoms with Gasteiger partial charge >= 0.3 is 18.9 Å². The molecule has 0 heterocycles. The largest absolute Gasteiger partial charge is 1.00 e. The van der Waals surface area contributed by atoms with Gasteiger partial charge in [-0.1, -0.05) is 48.1 Å². The summed E-state index contributed by atoms with van der Waals surface area (Å²) in [7, 11) is 0.802. The predicted octanol–water partition coefficient (Wildman–Crippen LogP) is 1.32. The first kappa shape index (κ1) is 19.1. The van der Waals surface area contributed by atoms with E-state index in [1.54, 1.807) is 0 Å². The van der Waals surface area contributed by atoms with Crippen LogP contribution in [0.5, 0.6) is 0 Å². The molecule has 0 atom stereocenters. The van der Waals surface area contributed by atoms with E-state index in [4.69, 9.17) is 0 Å². The molecule has 1 nitrogen and oxygen atoms in total. The summed E-state index contributed by atoms with van der Waals surface area (Å²) >= 11 is 0. The van der Waals surface area contributed by atoms with Gasteiger partial charge in [0.25, 0.3) is 0 Å². The molecule has 0 rings (SSSR count). The molecule has 0 fully saturated rings. The molecule has 0 bridgehead atoms. The summed E-state index contributed by atoms with van der Waals surface area (Å²) in [5.41, 5.74) is 0. The van der Waals surface area contributed by atoms with Crippen molar-refractivity contribution < 1.29 is 18.9 Å². The minimum atomic E-state index is -1.48. The second kappa shape index (κ2) is 6.09. The van der Waals surface area contributed by atoms with Gasteiger partial charge in [0, 0.05) is 0 Å². The molecule has 0 aliphatic rings. The quantitative estimate of drug-likeness (QED) is 0.527. The number of hydrogen-bond acceptors (Lipinski definition) is 1. The van der Waals surface area contributed by atoms with Gasteiger partial charge in [0.15, 0.2) is 0 Å². The second-order valence-corrected chi connectivity index (χ2v) is 12.8.